The second kappa shape index (κ2) is 8.13. The minimum Gasteiger partial charge on any atom is -0.314 e. The maximum atomic E-state index is 14.0. The van der Waals surface area contributed by atoms with Crippen LogP contribution in [0.5, 0.6) is 0 Å². The molecule has 1 saturated heterocycles. The lowest BCUT2D eigenvalue weighted by Gasteiger charge is -2.42. The highest BCUT2D eigenvalue weighted by Crippen LogP contribution is 2.38. The highest BCUT2D eigenvalue weighted by Gasteiger charge is 2.34. The second-order valence-electron chi connectivity index (χ2n) is 5.94. The Hall–Kier alpha value is -0.420. The third kappa shape index (κ3) is 4.55. The summed E-state index contributed by atoms with van der Waals surface area (Å²) in [6, 6.07) is 3.76. The van der Waals surface area contributed by atoms with Crippen LogP contribution in [0.1, 0.15) is 32.4 Å². The first-order valence-electron chi connectivity index (χ1n) is 6.55. The van der Waals surface area contributed by atoms with Gasteiger partial charge >= 0.3 is 0 Å². The molecule has 116 valence electrons. The summed E-state index contributed by atoms with van der Waals surface area (Å²) in [7, 11) is 0. The van der Waals surface area contributed by atoms with Gasteiger partial charge in [-0.2, -0.15) is 4.39 Å². The van der Waals surface area contributed by atoms with Crippen molar-refractivity contribution in [3.8, 4) is 0 Å². The number of aromatic nitrogens is 1. The number of nitrogens with one attached hydrogen (secondary N) is 1. The molecule has 0 amide bonds. The maximum absolute atomic E-state index is 14.0. The Bertz CT molecular complexity index is 404. The molecule has 2 rings (SSSR count). The van der Waals surface area contributed by atoms with Crippen LogP contribution in [0, 0.1) is 11.4 Å². The zero-order valence-electron chi connectivity index (χ0n) is 12.2. The zero-order valence-corrected chi connectivity index (χ0v) is 13.9. The van der Waals surface area contributed by atoms with Gasteiger partial charge in [0.25, 0.3) is 0 Å². The van der Waals surface area contributed by atoms with Gasteiger partial charge in [-0.05, 0) is 11.5 Å². The molecule has 0 spiro atoms. The van der Waals surface area contributed by atoms with Gasteiger partial charge in [0.2, 0.25) is 5.95 Å². The molecular weight excluding hydrogens is 300 g/mol. The number of halogens is 3. The van der Waals surface area contributed by atoms with Crippen molar-refractivity contribution in [1.29, 1.82) is 0 Å². The van der Waals surface area contributed by atoms with E-state index < -0.39 is 0 Å². The Kier molecular flexibility index (Phi) is 7.96. The Labute approximate surface area is 133 Å². The molecule has 1 N–H and O–H groups in total. The second-order valence-corrected chi connectivity index (χ2v) is 5.94. The maximum Gasteiger partial charge on any atom is 0.217 e. The number of pyridine rings is 1. The lowest BCUT2D eigenvalue weighted by atomic mass is 9.81. The van der Waals surface area contributed by atoms with E-state index in [1.807, 2.05) is 12.1 Å². The van der Waals surface area contributed by atoms with Crippen LogP contribution in [0.25, 0.3) is 0 Å². The van der Waals surface area contributed by atoms with Gasteiger partial charge < -0.3 is 5.32 Å². The molecule has 0 unspecified atom stereocenters. The van der Waals surface area contributed by atoms with Crippen LogP contribution in [0.3, 0.4) is 0 Å². The van der Waals surface area contributed by atoms with Crippen molar-refractivity contribution in [2.45, 2.75) is 26.8 Å². The number of rotatable bonds is 2. The van der Waals surface area contributed by atoms with Crippen molar-refractivity contribution < 1.29 is 4.39 Å². The summed E-state index contributed by atoms with van der Waals surface area (Å²) >= 11 is 0. The fraction of sp³-hybridized carbons (Fsp3) is 0.643. The average Bonchev–Trinajstić information content (AvgIpc) is 2.32. The van der Waals surface area contributed by atoms with E-state index in [0.29, 0.717) is 5.56 Å². The predicted molar refractivity (Wildman–Crippen MR) is 85.3 cm³/mol. The molecule has 0 bridgehead atoms. The van der Waals surface area contributed by atoms with Crippen LogP contribution in [0.4, 0.5) is 4.39 Å². The van der Waals surface area contributed by atoms with Crippen LogP contribution in [0.2, 0.25) is 0 Å². The minimum absolute atomic E-state index is 0. The number of hydrogen-bond acceptors (Lipinski definition) is 3. The molecule has 1 aliphatic heterocycles. The van der Waals surface area contributed by atoms with Gasteiger partial charge in [-0.25, -0.2) is 4.98 Å². The van der Waals surface area contributed by atoms with Gasteiger partial charge in [-0.3, -0.25) is 4.90 Å². The molecule has 0 aromatic carbocycles. The molecule has 0 aliphatic carbocycles. The standard InChI is InChI=1S/C14H22FN3.2ClH/c1-14(2,3)12(18-9-7-16-8-10-18)11-5-4-6-17-13(11)15;;/h4-6,12,16H,7-10H2,1-3H3;2*1H/t12-;;/m0../s1. The molecule has 2 heterocycles. The normalized spacial score (nSPS) is 17.8. The smallest absolute Gasteiger partial charge is 0.217 e. The summed E-state index contributed by atoms with van der Waals surface area (Å²) in [6.07, 6.45) is 1.51. The number of nitrogens with zero attached hydrogens (tertiary/aromatic N) is 2. The van der Waals surface area contributed by atoms with Crippen molar-refractivity contribution in [2.24, 2.45) is 5.41 Å². The monoisotopic (exact) mass is 323 g/mol. The van der Waals surface area contributed by atoms with Gasteiger partial charge in [0, 0.05) is 44.0 Å². The molecule has 1 aromatic rings. The Morgan fingerprint density at radius 1 is 1.25 bits per heavy atom. The zero-order chi connectivity index (χ0) is 13.2. The van der Waals surface area contributed by atoms with E-state index in [4.69, 9.17) is 0 Å². The van der Waals surface area contributed by atoms with E-state index >= 15 is 0 Å². The van der Waals surface area contributed by atoms with E-state index in [1.165, 1.54) is 6.20 Å². The third-order valence-corrected chi connectivity index (χ3v) is 3.42. The van der Waals surface area contributed by atoms with Crippen molar-refractivity contribution in [1.82, 2.24) is 15.2 Å². The summed E-state index contributed by atoms with van der Waals surface area (Å²) < 4.78 is 14.0. The molecule has 0 radical (unpaired) electrons. The van der Waals surface area contributed by atoms with Gasteiger partial charge in [0.1, 0.15) is 0 Å². The average molecular weight is 324 g/mol. The van der Waals surface area contributed by atoms with Crippen LogP contribution in [-0.2, 0) is 0 Å². The SMILES string of the molecule is CC(C)(C)[C@H](c1cccnc1F)N1CCNCC1.Cl.Cl. The lowest BCUT2D eigenvalue weighted by molar-refractivity contribution is 0.0828. The van der Waals surface area contributed by atoms with Gasteiger partial charge in [-0.1, -0.05) is 26.8 Å². The van der Waals surface area contributed by atoms with Crippen molar-refractivity contribution >= 4 is 24.8 Å². The molecule has 1 atom stereocenters. The van der Waals surface area contributed by atoms with Crippen LogP contribution in [-0.4, -0.2) is 36.1 Å². The molecule has 0 saturated carbocycles. The van der Waals surface area contributed by atoms with Crippen molar-refractivity contribution in [2.75, 3.05) is 26.2 Å². The summed E-state index contributed by atoms with van der Waals surface area (Å²) in [6.45, 7) is 10.3. The minimum atomic E-state index is -0.337. The molecule has 3 nitrogen and oxygen atoms in total. The molecule has 1 aromatic heterocycles. The van der Waals surface area contributed by atoms with E-state index in [2.05, 4.69) is 36.0 Å². The summed E-state index contributed by atoms with van der Waals surface area (Å²) in [5.74, 6) is -0.337. The lowest BCUT2D eigenvalue weighted by Crippen LogP contribution is -2.48. The van der Waals surface area contributed by atoms with Gasteiger partial charge in [-0.15, -0.1) is 24.8 Å². The predicted octanol–water partition coefficient (Wildman–Crippen LogP) is 3.06. The molecule has 20 heavy (non-hydrogen) atoms. The van der Waals surface area contributed by atoms with Crippen LogP contribution >= 0.6 is 24.8 Å². The third-order valence-electron chi connectivity index (χ3n) is 3.42. The molecule has 1 fully saturated rings. The first-order chi connectivity index (χ1) is 8.50. The van der Waals surface area contributed by atoms with E-state index in [9.17, 15) is 4.39 Å². The fourth-order valence-electron chi connectivity index (χ4n) is 2.75. The summed E-state index contributed by atoms with van der Waals surface area (Å²) in [5.41, 5.74) is 0.702. The van der Waals surface area contributed by atoms with E-state index in [-0.39, 0.29) is 42.2 Å². The quantitative estimate of drug-likeness (QED) is 0.848. The first-order valence-corrected chi connectivity index (χ1v) is 6.55. The van der Waals surface area contributed by atoms with E-state index in [1.54, 1.807) is 0 Å². The van der Waals surface area contributed by atoms with Crippen LogP contribution in [0.15, 0.2) is 18.3 Å². The number of piperazine rings is 1. The topological polar surface area (TPSA) is 28.2 Å². The first kappa shape index (κ1) is 19.6. The van der Waals surface area contributed by atoms with Crippen LogP contribution < -0.4 is 5.32 Å². The van der Waals surface area contributed by atoms with Crippen molar-refractivity contribution in [3.63, 3.8) is 0 Å². The van der Waals surface area contributed by atoms with Crippen molar-refractivity contribution in [3.05, 3.63) is 29.8 Å². The molecular formula is C14H24Cl2FN3. The Morgan fingerprint density at radius 3 is 2.35 bits per heavy atom. The largest absolute Gasteiger partial charge is 0.314 e. The van der Waals surface area contributed by atoms with E-state index in [0.717, 1.165) is 26.2 Å². The molecule has 6 heteroatoms. The Balaban J connectivity index is 0.00000180. The summed E-state index contributed by atoms with van der Waals surface area (Å²) in [5, 5.41) is 3.34. The fourth-order valence-corrected chi connectivity index (χ4v) is 2.75. The molecule has 1 aliphatic rings. The summed E-state index contributed by atoms with van der Waals surface area (Å²) in [4.78, 5) is 6.16. The Morgan fingerprint density at radius 2 is 1.85 bits per heavy atom. The highest BCUT2D eigenvalue weighted by atomic mass is 35.5. The highest BCUT2D eigenvalue weighted by molar-refractivity contribution is 5.85. The van der Waals surface area contributed by atoms with Gasteiger partial charge in [0.05, 0.1) is 0 Å². The van der Waals surface area contributed by atoms with Gasteiger partial charge in [0.15, 0.2) is 0 Å². The number of hydrogen-bond donors (Lipinski definition) is 1.